The Labute approximate surface area is 149 Å². The van der Waals surface area contributed by atoms with Gasteiger partial charge in [-0.1, -0.05) is 36.4 Å². The van der Waals surface area contributed by atoms with Gasteiger partial charge in [-0.2, -0.15) is 0 Å². The highest BCUT2D eigenvalue weighted by molar-refractivity contribution is 6.22. The highest BCUT2D eigenvalue weighted by atomic mass is 16.2. The number of imide groups is 1. The number of benzene rings is 2. The molecule has 0 saturated carbocycles. The highest BCUT2D eigenvalue weighted by Crippen LogP contribution is 2.33. The van der Waals surface area contributed by atoms with Crippen LogP contribution in [0, 0.1) is 6.92 Å². The van der Waals surface area contributed by atoms with Crippen molar-refractivity contribution in [1.29, 1.82) is 0 Å². The lowest BCUT2D eigenvalue weighted by atomic mass is 10.0. The first-order chi connectivity index (χ1) is 12.6. The van der Waals surface area contributed by atoms with Crippen LogP contribution in [0.1, 0.15) is 23.6 Å². The minimum atomic E-state index is -0.680. The largest absolute Gasteiger partial charge is 0.294 e. The zero-order valence-corrected chi connectivity index (χ0v) is 14.2. The molecular formula is C20H17N3O3. The molecule has 6 nitrogen and oxygen atoms in total. The number of rotatable bonds is 3. The average molecular weight is 347 g/mol. The third-order valence-corrected chi connectivity index (χ3v) is 4.68. The molecule has 1 aliphatic heterocycles. The summed E-state index contributed by atoms with van der Waals surface area (Å²) in [4.78, 5) is 39.2. The number of anilines is 1. The van der Waals surface area contributed by atoms with Crippen molar-refractivity contribution in [3.05, 3.63) is 82.3 Å². The zero-order chi connectivity index (χ0) is 18.3. The number of aromatic amines is 1. The summed E-state index contributed by atoms with van der Waals surface area (Å²) in [7, 11) is 0. The van der Waals surface area contributed by atoms with Crippen molar-refractivity contribution in [3.63, 3.8) is 0 Å². The zero-order valence-electron chi connectivity index (χ0n) is 14.2. The van der Waals surface area contributed by atoms with E-state index >= 15 is 0 Å². The Morgan fingerprint density at radius 3 is 2.08 bits per heavy atom. The van der Waals surface area contributed by atoms with Gasteiger partial charge in [-0.3, -0.25) is 19.5 Å². The van der Waals surface area contributed by atoms with E-state index in [9.17, 15) is 14.4 Å². The van der Waals surface area contributed by atoms with Crippen LogP contribution in [0.3, 0.4) is 0 Å². The van der Waals surface area contributed by atoms with Crippen molar-refractivity contribution in [2.45, 2.75) is 19.3 Å². The van der Waals surface area contributed by atoms with Gasteiger partial charge in [0.2, 0.25) is 11.8 Å². The maximum Gasteiger partial charge on any atom is 0.274 e. The van der Waals surface area contributed by atoms with Gasteiger partial charge in [-0.15, -0.1) is 0 Å². The van der Waals surface area contributed by atoms with Crippen LogP contribution in [0.4, 0.5) is 5.69 Å². The first-order valence-electron chi connectivity index (χ1n) is 8.36. The lowest BCUT2D eigenvalue weighted by Gasteiger charge is -2.14. The molecule has 4 rings (SSSR count). The first kappa shape index (κ1) is 16.1. The highest BCUT2D eigenvalue weighted by Gasteiger charge is 2.42. The molecule has 1 aromatic heterocycles. The quantitative estimate of drug-likeness (QED) is 0.740. The number of para-hydroxylation sites is 2. The van der Waals surface area contributed by atoms with E-state index in [4.69, 9.17) is 0 Å². The third kappa shape index (κ3) is 2.47. The Morgan fingerprint density at radius 2 is 1.46 bits per heavy atom. The first-order valence-corrected chi connectivity index (χ1v) is 8.36. The van der Waals surface area contributed by atoms with Gasteiger partial charge in [0.05, 0.1) is 23.0 Å². The van der Waals surface area contributed by atoms with Crippen molar-refractivity contribution < 1.29 is 9.59 Å². The van der Waals surface area contributed by atoms with E-state index in [2.05, 4.69) is 5.10 Å². The second-order valence-electron chi connectivity index (χ2n) is 6.29. The number of carbonyl (C=O) groups excluding carboxylic acids is 2. The molecule has 26 heavy (non-hydrogen) atoms. The smallest absolute Gasteiger partial charge is 0.274 e. The minimum Gasteiger partial charge on any atom is -0.294 e. The van der Waals surface area contributed by atoms with Crippen LogP contribution in [0.25, 0.3) is 5.69 Å². The Hall–Kier alpha value is -3.41. The maximum atomic E-state index is 12.9. The van der Waals surface area contributed by atoms with Crippen molar-refractivity contribution in [1.82, 2.24) is 9.78 Å². The van der Waals surface area contributed by atoms with Crippen LogP contribution in [-0.2, 0) is 9.59 Å². The summed E-state index contributed by atoms with van der Waals surface area (Å²) in [6.07, 6.45) is 0.0450. The molecule has 1 N–H and O–H groups in total. The Kier molecular flexibility index (Phi) is 3.80. The molecule has 1 fully saturated rings. The summed E-state index contributed by atoms with van der Waals surface area (Å²) >= 11 is 0. The molecule has 1 atom stereocenters. The molecule has 2 aromatic carbocycles. The lowest BCUT2D eigenvalue weighted by Crippen LogP contribution is -2.30. The van der Waals surface area contributed by atoms with Crippen molar-refractivity contribution in [3.8, 4) is 5.69 Å². The summed E-state index contributed by atoms with van der Waals surface area (Å²) in [6, 6.07) is 18.0. The van der Waals surface area contributed by atoms with Gasteiger partial charge < -0.3 is 0 Å². The fraction of sp³-hybridized carbons (Fsp3) is 0.150. The van der Waals surface area contributed by atoms with Gasteiger partial charge in [-0.25, -0.2) is 9.58 Å². The molecular weight excluding hydrogens is 330 g/mol. The number of nitrogens with zero attached hydrogens (tertiary/aromatic N) is 2. The molecule has 2 heterocycles. The molecule has 0 aliphatic carbocycles. The van der Waals surface area contributed by atoms with Gasteiger partial charge in [-0.05, 0) is 31.2 Å². The number of amides is 2. The molecule has 0 spiro atoms. The summed E-state index contributed by atoms with van der Waals surface area (Å²) in [5.41, 5.74) is 1.96. The van der Waals surface area contributed by atoms with Crippen LogP contribution in [0.5, 0.6) is 0 Å². The van der Waals surface area contributed by atoms with Gasteiger partial charge in [0.1, 0.15) is 0 Å². The summed E-state index contributed by atoms with van der Waals surface area (Å²) in [5, 5.41) is 3.04. The van der Waals surface area contributed by atoms with Crippen LogP contribution >= 0.6 is 0 Å². The molecule has 1 saturated heterocycles. The fourth-order valence-electron chi connectivity index (χ4n) is 3.34. The van der Waals surface area contributed by atoms with E-state index in [1.165, 1.54) is 9.58 Å². The van der Waals surface area contributed by atoms with Crippen molar-refractivity contribution in [2.24, 2.45) is 0 Å². The molecule has 6 heteroatoms. The fourth-order valence-corrected chi connectivity index (χ4v) is 3.34. The minimum absolute atomic E-state index is 0.0450. The summed E-state index contributed by atoms with van der Waals surface area (Å²) in [6.45, 7) is 1.68. The molecule has 1 aliphatic rings. The van der Waals surface area contributed by atoms with Gasteiger partial charge in [0, 0.05) is 12.0 Å². The summed E-state index contributed by atoms with van der Waals surface area (Å²) in [5.74, 6) is -1.26. The van der Waals surface area contributed by atoms with E-state index in [0.29, 0.717) is 22.6 Å². The molecule has 0 radical (unpaired) electrons. The topological polar surface area (TPSA) is 75.2 Å². The predicted molar refractivity (Wildman–Crippen MR) is 97.4 cm³/mol. The standard InChI is InChI=1S/C20H17N3O3/c1-13-18(21-23(19(13)25)15-10-6-3-7-11-15)16-12-17(24)22(20(16)26)14-8-4-2-5-9-14/h2-11,16,21H,12H2,1H3/t16-/m1/s1. The SMILES string of the molecule is Cc1c([C@H]2CC(=O)N(c3ccccc3)C2=O)[nH]n(-c2ccccc2)c1=O. The second kappa shape index (κ2) is 6.15. The maximum absolute atomic E-state index is 12.9. The Balaban J connectivity index is 1.74. The van der Waals surface area contributed by atoms with Crippen LogP contribution < -0.4 is 10.5 Å². The normalized spacial score (nSPS) is 17.1. The van der Waals surface area contributed by atoms with Crippen LogP contribution in [-0.4, -0.2) is 21.6 Å². The van der Waals surface area contributed by atoms with E-state index < -0.39 is 5.92 Å². The molecule has 130 valence electrons. The van der Waals surface area contributed by atoms with E-state index in [-0.39, 0.29) is 23.8 Å². The summed E-state index contributed by atoms with van der Waals surface area (Å²) < 4.78 is 1.41. The predicted octanol–water partition coefficient (Wildman–Crippen LogP) is 2.52. The monoisotopic (exact) mass is 347 g/mol. The van der Waals surface area contributed by atoms with E-state index in [1.54, 1.807) is 43.3 Å². The Morgan fingerprint density at radius 1 is 0.885 bits per heavy atom. The number of H-pyrrole nitrogens is 1. The van der Waals surface area contributed by atoms with E-state index in [0.717, 1.165) is 0 Å². The number of aromatic nitrogens is 2. The molecule has 3 aromatic rings. The number of hydrogen-bond acceptors (Lipinski definition) is 3. The molecule has 2 amide bonds. The lowest BCUT2D eigenvalue weighted by molar-refractivity contribution is -0.121. The number of hydrogen-bond donors (Lipinski definition) is 1. The van der Waals surface area contributed by atoms with Crippen LogP contribution in [0.2, 0.25) is 0 Å². The molecule has 0 bridgehead atoms. The average Bonchev–Trinajstić information content (AvgIpc) is 3.13. The van der Waals surface area contributed by atoms with Crippen LogP contribution in [0.15, 0.2) is 65.5 Å². The third-order valence-electron chi connectivity index (χ3n) is 4.68. The number of carbonyl (C=O) groups is 2. The van der Waals surface area contributed by atoms with Gasteiger partial charge in [0.25, 0.3) is 5.56 Å². The Bertz CT molecular complexity index is 1040. The van der Waals surface area contributed by atoms with Crippen molar-refractivity contribution >= 4 is 17.5 Å². The molecule has 0 unspecified atom stereocenters. The number of nitrogens with one attached hydrogen (secondary N) is 1. The van der Waals surface area contributed by atoms with E-state index in [1.807, 2.05) is 24.3 Å². The second-order valence-corrected chi connectivity index (χ2v) is 6.29. The van der Waals surface area contributed by atoms with Gasteiger partial charge in [0.15, 0.2) is 0 Å². The van der Waals surface area contributed by atoms with Gasteiger partial charge >= 0.3 is 0 Å². The van der Waals surface area contributed by atoms with Crippen molar-refractivity contribution in [2.75, 3.05) is 4.90 Å².